The van der Waals surface area contributed by atoms with Gasteiger partial charge in [-0.3, -0.25) is 9.63 Å². The number of hydroxylamine groups is 2. The van der Waals surface area contributed by atoms with Crippen molar-refractivity contribution in [2.45, 2.75) is 6.42 Å². The Labute approximate surface area is 92.5 Å². The van der Waals surface area contributed by atoms with E-state index in [9.17, 15) is 4.79 Å². The Hall–Kier alpha value is -1.88. The summed E-state index contributed by atoms with van der Waals surface area (Å²) >= 11 is 0. The summed E-state index contributed by atoms with van der Waals surface area (Å²) in [5.41, 5.74) is 1.31. The zero-order chi connectivity index (χ0) is 11.5. The lowest BCUT2D eigenvalue weighted by Gasteiger charge is -2.12. The molecule has 0 unspecified atom stereocenters. The van der Waals surface area contributed by atoms with Crippen LogP contribution in [-0.2, 0) is 16.1 Å². The number of hydrogen-bond acceptors (Lipinski definition) is 4. The van der Waals surface area contributed by atoms with E-state index < -0.39 is 0 Å². The summed E-state index contributed by atoms with van der Waals surface area (Å²) in [6, 6.07) is 7.44. The molecular weight excluding hydrogens is 208 g/mol. The molecule has 1 heterocycles. The zero-order valence-electron chi connectivity index (χ0n) is 9.14. The fourth-order valence-electron chi connectivity index (χ4n) is 1.42. The van der Waals surface area contributed by atoms with E-state index in [1.54, 1.807) is 7.05 Å². The van der Waals surface area contributed by atoms with E-state index in [0.29, 0.717) is 11.3 Å². The third kappa shape index (κ3) is 1.90. The minimum atomic E-state index is -0.165. The summed E-state index contributed by atoms with van der Waals surface area (Å²) in [6.07, 6.45) is 0.168. The molecule has 0 aliphatic rings. The van der Waals surface area contributed by atoms with E-state index in [-0.39, 0.29) is 12.3 Å². The van der Waals surface area contributed by atoms with Crippen molar-refractivity contribution < 1.29 is 14.2 Å². The van der Waals surface area contributed by atoms with Crippen LogP contribution in [0.4, 0.5) is 0 Å². The van der Waals surface area contributed by atoms with Gasteiger partial charge in [0.2, 0.25) is 0 Å². The number of hydrogen-bond donors (Lipinski definition) is 0. The maximum absolute atomic E-state index is 11.6. The molecule has 0 fully saturated rings. The van der Waals surface area contributed by atoms with Gasteiger partial charge in [-0.15, -0.1) is 0 Å². The Morgan fingerprint density at radius 2 is 2.25 bits per heavy atom. The van der Waals surface area contributed by atoms with Gasteiger partial charge in [-0.25, -0.2) is 5.06 Å². The molecule has 5 heteroatoms. The number of rotatable bonds is 3. The second-order valence-electron chi connectivity index (χ2n) is 3.38. The number of carbonyl (C=O) groups excluding carboxylic acids is 1. The third-order valence-corrected chi connectivity index (χ3v) is 2.40. The van der Waals surface area contributed by atoms with E-state index in [0.717, 1.165) is 5.39 Å². The number of aromatic nitrogens is 1. The molecule has 2 aromatic rings. The molecule has 0 bridgehead atoms. The fraction of sp³-hybridized carbons (Fsp3) is 0.273. The molecule has 0 atom stereocenters. The van der Waals surface area contributed by atoms with E-state index in [2.05, 4.69) is 5.16 Å². The van der Waals surface area contributed by atoms with Crippen LogP contribution in [0.3, 0.4) is 0 Å². The molecule has 0 aliphatic carbocycles. The van der Waals surface area contributed by atoms with Gasteiger partial charge in [-0.1, -0.05) is 17.3 Å². The number of nitrogens with zero attached hydrogens (tertiary/aromatic N) is 2. The molecule has 1 amide bonds. The molecule has 0 aliphatic heterocycles. The largest absolute Gasteiger partial charge is 0.356 e. The van der Waals surface area contributed by atoms with Crippen LogP contribution in [-0.4, -0.2) is 30.3 Å². The Morgan fingerprint density at radius 1 is 1.50 bits per heavy atom. The molecule has 84 valence electrons. The van der Waals surface area contributed by atoms with Gasteiger partial charge < -0.3 is 4.52 Å². The number of likely N-dealkylation sites (N-methyl/N-ethyl adjacent to an activating group) is 1. The van der Waals surface area contributed by atoms with Crippen LogP contribution in [0.15, 0.2) is 28.8 Å². The smallest absolute Gasteiger partial charge is 0.252 e. The Bertz CT molecular complexity index is 507. The average Bonchev–Trinajstić information content (AvgIpc) is 2.72. The maximum atomic E-state index is 11.6. The molecule has 0 N–H and O–H groups in total. The SMILES string of the molecule is CON(C)C(=O)Cc1noc2ccccc12. The van der Waals surface area contributed by atoms with Crippen molar-refractivity contribution in [2.75, 3.05) is 14.2 Å². The van der Waals surface area contributed by atoms with Crippen LogP contribution in [0.5, 0.6) is 0 Å². The highest BCUT2D eigenvalue weighted by Crippen LogP contribution is 2.18. The lowest BCUT2D eigenvalue weighted by atomic mass is 10.2. The first-order chi connectivity index (χ1) is 7.72. The fourth-order valence-corrected chi connectivity index (χ4v) is 1.42. The summed E-state index contributed by atoms with van der Waals surface area (Å²) in [4.78, 5) is 16.4. The molecular formula is C11H12N2O3. The lowest BCUT2D eigenvalue weighted by molar-refractivity contribution is -0.167. The van der Waals surface area contributed by atoms with Crippen LogP contribution in [0.2, 0.25) is 0 Å². The van der Waals surface area contributed by atoms with Gasteiger partial charge in [0.05, 0.1) is 13.5 Å². The highest BCUT2D eigenvalue weighted by atomic mass is 16.7. The first-order valence-electron chi connectivity index (χ1n) is 4.86. The van der Waals surface area contributed by atoms with Crippen molar-refractivity contribution in [1.29, 1.82) is 0 Å². The van der Waals surface area contributed by atoms with E-state index in [4.69, 9.17) is 9.36 Å². The van der Waals surface area contributed by atoms with Crippen LogP contribution >= 0.6 is 0 Å². The monoisotopic (exact) mass is 220 g/mol. The predicted octanol–water partition coefficient (Wildman–Crippen LogP) is 1.39. The summed E-state index contributed by atoms with van der Waals surface area (Å²) in [6.45, 7) is 0. The molecule has 1 aromatic carbocycles. The standard InChI is InChI=1S/C11H12N2O3/c1-13(15-2)11(14)7-9-8-5-3-4-6-10(8)16-12-9/h3-6H,7H2,1-2H3. The maximum Gasteiger partial charge on any atom is 0.252 e. The van der Waals surface area contributed by atoms with Crippen molar-refractivity contribution in [1.82, 2.24) is 10.2 Å². The topological polar surface area (TPSA) is 55.6 Å². The molecule has 5 nitrogen and oxygen atoms in total. The number of carbonyl (C=O) groups is 1. The van der Waals surface area contributed by atoms with Gasteiger partial charge >= 0.3 is 0 Å². The molecule has 1 aromatic heterocycles. The van der Waals surface area contributed by atoms with Crippen molar-refractivity contribution in [2.24, 2.45) is 0 Å². The van der Waals surface area contributed by atoms with E-state index in [1.165, 1.54) is 12.2 Å². The van der Waals surface area contributed by atoms with Gasteiger partial charge in [0.1, 0.15) is 5.69 Å². The van der Waals surface area contributed by atoms with Crippen LogP contribution < -0.4 is 0 Å². The third-order valence-electron chi connectivity index (χ3n) is 2.40. The zero-order valence-corrected chi connectivity index (χ0v) is 9.14. The molecule has 0 saturated carbocycles. The molecule has 16 heavy (non-hydrogen) atoms. The highest BCUT2D eigenvalue weighted by Gasteiger charge is 2.14. The molecule has 2 rings (SSSR count). The first-order valence-corrected chi connectivity index (χ1v) is 4.86. The van der Waals surface area contributed by atoms with Gasteiger partial charge in [0, 0.05) is 12.4 Å². The Kier molecular flexibility index (Phi) is 2.87. The Morgan fingerprint density at radius 3 is 3.00 bits per heavy atom. The lowest BCUT2D eigenvalue weighted by Crippen LogP contribution is -2.27. The van der Waals surface area contributed by atoms with E-state index >= 15 is 0 Å². The van der Waals surface area contributed by atoms with Gasteiger partial charge in [0.15, 0.2) is 5.58 Å². The summed E-state index contributed by atoms with van der Waals surface area (Å²) in [5, 5.41) is 5.91. The number of benzene rings is 1. The summed E-state index contributed by atoms with van der Waals surface area (Å²) in [5.74, 6) is -0.165. The minimum Gasteiger partial charge on any atom is -0.356 e. The molecule has 0 saturated heterocycles. The molecule has 0 spiro atoms. The number of amides is 1. The van der Waals surface area contributed by atoms with Crippen molar-refractivity contribution in [3.63, 3.8) is 0 Å². The second kappa shape index (κ2) is 4.32. The normalized spacial score (nSPS) is 10.6. The highest BCUT2D eigenvalue weighted by molar-refractivity contribution is 5.85. The summed E-state index contributed by atoms with van der Waals surface area (Å²) < 4.78 is 5.10. The van der Waals surface area contributed by atoms with Crippen LogP contribution in [0.1, 0.15) is 5.69 Å². The van der Waals surface area contributed by atoms with Gasteiger partial charge in [0.25, 0.3) is 5.91 Å². The van der Waals surface area contributed by atoms with Crippen LogP contribution in [0.25, 0.3) is 11.0 Å². The minimum absolute atomic E-state index is 0.165. The quantitative estimate of drug-likeness (QED) is 0.733. The van der Waals surface area contributed by atoms with Crippen molar-refractivity contribution in [3.05, 3.63) is 30.0 Å². The van der Waals surface area contributed by atoms with Crippen molar-refractivity contribution in [3.8, 4) is 0 Å². The van der Waals surface area contributed by atoms with Gasteiger partial charge in [-0.2, -0.15) is 0 Å². The second-order valence-corrected chi connectivity index (χ2v) is 3.38. The Balaban J connectivity index is 2.25. The summed E-state index contributed by atoms with van der Waals surface area (Å²) in [7, 11) is 3.00. The number of para-hydroxylation sites is 1. The predicted molar refractivity (Wildman–Crippen MR) is 57.5 cm³/mol. The average molecular weight is 220 g/mol. The van der Waals surface area contributed by atoms with Gasteiger partial charge in [-0.05, 0) is 12.1 Å². The van der Waals surface area contributed by atoms with Crippen molar-refractivity contribution >= 4 is 16.9 Å². The number of fused-ring (bicyclic) bond motifs is 1. The van der Waals surface area contributed by atoms with E-state index in [1.807, 2.05) is 24.3 Å². The van der Waals surface area contributed by atoms with Crippen LogP contribution in [0, 0.1) is 0 Å². The first kappa shape index (κ1) is 10.6. The molecule has 0 radical (unpaired) electrons.